The average molecular weight is 307 g/mol. The first kappa shape index (κ1) is 15.5. The standard InChI is InChI=1S/C14H21N5OS/c1-9-6-10(2)19(18-9)11(3)7-16-13(20)5-4-12-8-21-14(15)17-12/h6,8,11H,4-5,7H2,1-3H3,(H2,15,17)(H,16,20)/t11-/m0/s1. The van der Waals surface area contributed by atoms with Crippen LogP contribution < -0.4 is 11.1 Å². The molecule has 3 N–H and O–H groups in total. The van der Waals surface area contributed by atoms with E-state index in [1.165, 1.54) is 11.3 Å². The number of amides is 1. The lowest BCUT2D eigenvalue weighted by molar-refractivity contribution is -0.121. The third-order valence-corrected chi connectivity index (χ3v) is 3.96. The van der Waals surface area contributed by atoms with Crippen molar-refractivity contribution in [2.24, 2.45) is 0 Å². The van der Waals surface area contributed by atoms with E-state index in [1.54, 1.807) is 0 Å². The van der Waals surface area contributed by atoms with Crippen molar-refractivity contribution in [2.75, 3.05) is 12.3 Å². The Bertz CT molecular complexity index is 619. The lowest BCUT2D eigenvalue weighted by Crippen LogP contribution is -2.30. The monoisotopic (exact) mass is 307 g/mol. The van der Waals surface area contributed by atoms with Crippen LogP contribution in [0.2, 0.25) is 0 Å². The van der Waals surface area contributed by atoms with Gasteiger partial charge in [-0.1, -0.05) is 0 Å². The van der Waals surface area contributed by atoms with Crippen molar-refractivity contribution in [2.45, 2.75) is 39.7 Å². The Morgan fingerprint density at radius 1 is 1.52 bits per heavy atom. The van der Waals surface area contributed by atoms with Crippen molar-refractivity contribution >= 4 is 22.4 Å². The largest absolute Gasteiger partial charge is 0.375 e. The highest BCUT2D eigenvalue weighted by Crippen LogP contribution is 2.13. The van der Waals surface area contributed by atoms with Gasteiger partial charge in [-0.3, -0.25) is 9.48 Å². The summed E-state index contributed by atoms with van der Waals surface area (Å²) in [4.78, 5) is 16.0. The van der Waals surface area contributed by atoms with Crippen molar-refractivity contribution in [3.63, 3.8) is 0 Å². The maximum Gasteiger partial charge on any atom is 0.220 e. The van der Waals surface area contributed by atoms with Gasteiger partial charge < -0.3 is 11.1 Å². The highest BCUT2D eigenvalue weighted by Gasteiger charge is 2.11. The van der Waals surface area contributed by atoms with Crippen molar-refractivity contribution < 1.29 is 4.79 Å². The molecule has 6 nitrogen and oxygen atoms in total. The molecule has 0 saturated heterocycles. The molecule has 0 bridgehead atoms. The van der Waals surface area contributed by atoms with Crippen LogP contribution in [-0.2, 0) is 11.2 Å². The molecule has 7 heteroatoms. The molecule has 0 saturated carbocycles. The van der Waals surface area contributed by atoms with Gasteiger partial charge >= 0.3 is 0 Å². The molecule has 1 atom stereocenters. The van der Waals surface area contributed by atoms with Crippen molar-refractivity contribution in [3.05, 3.63) is 28.5 Å². The minimum Gasteiger partial charge on any atom is -0.375 e. The van der Waals surface area contributed by atoms with Gasteiger partial charge in [-0.25, -0.2) is 4.98 Å². The molecule has 21 heavy (non-hydrogen) atoms. The summed E-state index contributed by atoms with van der Waals surface area (Å²) in [5.41, 5.74) is 8.53. The molecule has 0 radical (unpaired) electrons. The number of hydrogen-bond acceptors (Lipinski definition) is 5. The summed E-state index contributed by atoms with van der Waals surface area (Å²) in [5, 5.41) is 9.80. The number of nitrogens with one attached hydrogen (secondary N) is 1. The number of carbonyl (C=O) groups is 1. The number of thiazole rings is 1. The minimum absolute atomic E-state index is 0.0231. The zero-order valence-electron chi connectivity index (χ0n) is 12.6. The van der Waals surface area contributed by atoms with Gasteiger partial charge in [0.05, 0.1) is 17.4 Å². The molecule has 0 fully saturated rings. The van der Waals surface area contributed by atoms with Gasteiger partial charge in [0.2, 0.25) is 5.91 Å². The van der Waals surface area contributed by atoms with E-state index in [9.17, 15) is 4.79 Å². The first-order valence-electron chi connectivity index (χ1n) is 6.95. The summed E-state index contributed by atoms with van der Waals surface area (Å²) >= 11 is 1.40. The Hall–Kier alpha value is -1.89. The molecule has 2 aromatic rings. The van der Waals surface area contributed by atoms with Gasteiger partial charge in [0.15, 0.2) is 5.13 Å². The van der Waals surface area contributed by atoms with E-state index in [-0.39, 0.29) is 11.9 Å². The number of nitrogens with two attached hydrogens (primary N) is 1. The Morgan fingerprint density at radius 2 is 2.29 bits per heavy atom. The van der Waals surface area contributed by atoms with Gasteiger partial charge in [0, 0.05) is 24.0 Å². The number of hydrogen-bond donors (Lipinski definition) is 2. The number of aryl methyl sites for hydroxylation is 3. The zero-order chi connectivity index (χ0) is 15.4. The van der Waals surface area contributed by atoms with Crippen LogP contribution >= 0.6 is 11.3 Å². The van der Waals surface area contributed by atoms with Gasteiger partial charge in [-0.2, -0.15) is 5.10 Å². The molecule has 0 aliphatic carbocycles. The molecule has 0 aliphatic heterocycles. The van der Waals surface area contributed by atoms with E-state index >= 15 is 0 Å². The molecule has 2 aromatic heterocycles. The van der Waals surface area contributed by atoms with Crippen LogP contribution in [0.4, 0.5) is 5.13 Å². The van der Waals surface area contributed by atoms with Crippen molar-refractivity contribution in [3.8, 4) is 0 Å². The fraction of sp³-hybridized carbons (Fsp3) is 0.500. The molecule has 0 aliphatic rings. The summed E-state index contributed by atoms with van der Waals surface area (Å²) in [6, 6.07) is 2.17. The lowest BCUT2D eigenvalue weighted by Gasteiger charge is -2.15. The second kappa shape index (κ2) is 6.71. The van der Waals surface area contributed by atoms with E-state index < -0.39 is 0 Å². The molecule has 2 heterocycles. The molecule has 114 valence electrons. The Balaban J connectivity index is 1.77. The smallest absolute Gasteiger partial charge is 0.220 e. The quantitative estimate of drug-likeness (QED) is 0.853. The number of nitrogens with zero attached hydrogens (tertiary/aromatic N) is 3. The van der Waals surface area contributed by atoms with Crippen LogP contribution in [0.5, 0.6) is 0 Å². The lowest BCUT2D eigenvalue weighted by atomic mass is 10.2. The van der Waals surface area contributed by atoms with E-state index in [0.29, 0.717) is 24.5 Å². The number of anilines is 1. The Labute approximate surface area is 128 Å². The zero-order valence-corrected chi connectivity index (χ0v) is 13.4. The van der Waals surface area contributed by atoms with E-state index in [2.05, 4.69) is 15.4 Å². The predicted molar refractivity (Wildman–Crippen MR) is 84.3 cm³/mol. The highest BCUT2D eigenvalue weighted by atomic mass is 32.1. The molecule has 0 spiro atoms. The van der Waals surface area contributed by atoms with Gasteiger partial charge in [-0.15, -0.1) is 11.3 Å². The topological polar surface area (TPSA) is 85.8 Å². The maximum atomic E-state index is 11.9. The fourth-order valence-corrected chi connectivity index (χ4v) is 2.81. The van der Waals surface area contributed by atoms with Crippen LogP contribution in [-0.4, -0.2) is 27.2 Å². The number of rotatable bonds is 6. The first-order chi connectivity index (χ1) is 9.95. The summed E-state index contributed by atoms with van der Waals surface area (Å²) < 4.78 is 1.94. The fourth-order valence-electron chi connectivity index (χ4n) is 2.21. The van der Waals surface area contributed by atoms with E-state index in [1.807, 2.05) is 36.9 Å². The summed E-state index contributed by atoms with van der Waals surface area (Å²) in [6.45, 7) is 6.60. The first-order valence-corrected chi connectivity index (χ1v) is 7.83. The van der Waals surface area contributed by atoms with Crippen LogP contribution in [0, 0.1) is 13.8 Å². The van der Waals surface area contributed by atoms with Gasteiger partial charge in [-0.05, 0) is 33.3 Å². The van der Waals surface area contributed by atoms with Crippen LogP contribution in [0.15, 0.2) is 11.4 Å². The minimum atomic E-state index is 0.0231. The number of carbonyl (C=O) groups excluding carboxylic acids is 1. The molecule has 2 rings (SSSR count). The van der Waals surface area contributed by atoms with Gasteiger partial charge in [0.25, 0.3) is 0 Å². The summed E-state index contributed by atoms with van der Waals surface area (Å²) in [6.07, 6.45) is 1.04. The summed E-state index contributed by atoms with van der Waals surface area (Å²) in [5.74, 6) is 0.0231. The van der Waals surface area contributed by atoms with Crippen molar-refractivity contribution in [1.82, 2.24) is 20.1 Å². The van der Waals surface area contributed by atoms with Crippen LogP contribution in [0.1, 0.15) is 36.5 Å². The summed E-state index contributed by atoms with van der Waals surface area (Å²) in [7, 11) is 0. The highest BCUT2D eigenvalue weighted by molar-refractivity contribution is 7.13. The van der Waals surface area contributed by atoms with E-state index in [4.69, 9.17) is 5.73 Å². The van der Waals surface area contributed by atoms with E-state index in [0.717, 1.165) is 17.1 Å². The molecule has 0 aromatic carbocycles. The predicted octanol–water partition coefficient (Wildman–Crippen LogP) is 1.85. The van der Waals surface area contributed by atoms with Crippen molar-refractivity contribution in [1.29, 1.82) is 0 Å². The van der Waals surface area contributed by atoms with Crippen LogP contribution in [0.25, 0.3) is 0 Å². The third kappa shape index (κ3) is 4.29. The second-order valence-corrected chi connectivity index (χ2v) is 6.09. The average Bonchev–Trinajstić information content (AvgIpc) is 2.99. The Kier molecular flexibility index (Phi) is 4.95. The molecule has 0 unspecified atom stereocenters. The van der Waals surface area contributed by atoms with Crippen LogP contribution in [0.3, 0.4) is 0 Å². The number of nitrogen functional groups attached to an aromatic ring is 1. The number of aromatic nitrogens is 3. The maximum absolute atomic E-state index is 11.9. The molecular weight excluding hydrogens is 286 g/mol. The molecule has 1 amide bonds. The third-order valence-electron chi connectivity index (χ3n) is 3.23. The molecular formula is C14H21N5OS. The SMILES string of the molecule is Cc1cc(C)n([C@@H](C)CNC(=O)CCc2csc(N)n2)n1. The second-order valence-electron chi connectivity index (χ2n) is 5.20. The normalized spacial score (nSPS) is 12.3. The van der Waals surface area contributed by atoms with Gasteiger partial charge in [0.1, 0.15) is 0 Å². The Morgan fingerprint density at radius 3 is 2.86 bits per heavy atom.